The minimum absolute atomic E-state index is 0.313. The summed E-state index contributed by atoms with van der Waals surface area (Å²) >= 11 is 0. The molecule has 2 aromatic carbocycles. The quantitative estimate of drug-likeness (QED) is 0.231. The van der Waals surface area contributed by atoms with Gasteiger partial charge in [-0.1, -0.05) is 36.4 Å². The zero-order valence-corrected chi connectivity index (χ0v) is 19.0. The van der Waals surface area contributed by atoms with E-state index in [1.807, 2.05) is 36.4 Å². The molecule has 0 radical (unpaired) electrons. The molecule has 1 atom stereocenters. The number of hydrazine groups is 1. The number of pyridine rings is 2. The third-order valence-corrected chi connectivity index (χ3v) is 6.50. The summed E-state index contributed by atoms with van der Waals surface area (Å²) in [4.78, 5) is 34.6. The van der Waals surface area contributed by atoms with E-state index in [1.54, 1.807) is 24.5 Å². The normalized spacial score (nSPS) is 15.7. The Morgan fingerprint density at radius 1 is 1.00 bits per heavy atom. The molecule has 1 saturated heterocycles. The van der Waals surface area contributed by atoms with Crippen molar-refractivity contribution in [3.05, 3.63) is 78.6 Å². The van der Waals surface area contributed by atoms with Crippen LogP contribution in [-0.2, 0) is 4.79 Å². The largest absolute Gasteiger partial charge is 0.481 e. The lowest BCUT2D eigenvalue weighted by Crippen LogP contribution is -2.38. The molecule has 1 amide bonds. The van der Waals surface area contributed by atoms with Gasteiger partial charge in [-0.15, -0.1) is 0 Å². The first kappa shape index (κ1) is 22.5. The van der Waals surface area contributed by atoms with E-state index in [0.29, 0.717) is 28.7 Å². The number of carbonyl (C=O) groups is 2. The summed E-state index contributed by atoms with van der Waals surface area (Å²) in [6.07, 6.45) is 4.86. The van der Waals surface area contributed by atoms with Crippen molar-refractivity contribution >= 4 is 28.5 Å². The molecule has 4 aromatic rings. The average Bonchev–Trinajstić information content (AvgIpc) is 2.92. The van der Waals surface area contributed by atoms with Gasteiger partial charge in [-0.2, -0.15) is 0 Å². The van der Waals surface area contributed by atoms with Crippen molar-refractivity contribution in [2.75, 3.05) is 18.0 Å². The summed E-state index contributed by atoms with van der Waals surface area (Å²) < 4.78 is 0. The first-order valence-electron chi connectivity index (χ1n) is 11.5. The predicted octanol–water partition coefficient (Wildman–Crippen LogP) is 3.87. The van der Waals surface area contributed by atoms with Gasteiger partial charge in [0.2, 0.25) is 0 Å². The number of benzene rings is 2. The Hall–Kier alpha value is -4.30. The number of aliphatic carboxylic acids is 1. The van der Waals surface area contributed by atoms with Crippen molar-refractivity contribution in [1.29, 1.82) is 0 Å². The molecule has 35 heavy (non-hydrogen) atoms. The van der Waals surface area contributed by atoms with Crippen molar-refractivity contribution in [2.45, 2.75) is 12.8 Å². The lowest BCUT2D eigenvalue weighted by molar-refractivity contribution is -0.141. The summed E-state index contributed by atoms with van der Waals surface area (Å²) in [7, 11) is 0. The second kappa shape index (κ2) is 9.52. The number of carboxylic acids is 1. The van der Waals surface area contributed by atoms with E-state index in [0.717, 1.165) is 41.8 Å². The number of hydrogen-bond acceptors (Lipinski definition) is 6. The summed E-state index contributed by atoms with van der Waals surface area (Å²) in [6, 6.07) is 19.7. The average molecular weight is 468 g/mol. The van der Waals surface area contributed by atoms with Gasteiger partial charge in [0.05, 0.1) is 22.7 Å². The molecular formula is C27H25N5O3. The zero-order valence-electron chi connectivity index (χ0n) is 19.0. The summed E-state index contributed by atoms with van der Waals surface area (Å²) in [5.41, 5.74) is 7.97. The highest BCUT2D eigenvalue weighted by Gasteiger charge is 2.25. The number of piperidine rings is 1. The minimum Gasteiger partial charge on any atom is -0.481 e. The van der Waals surface area contributed by atoms with Gasteiger partial charge in [-0.25, -0.2) is 10.8 Å². The highest BCUT2D eigenvalue weighted by molar-refractivity contribution is 6.06. The number of nitrogens with two attached hydrogens (primary N) is 1. The molecule has 1 aliphatic rings. The van der Waals surface area contributed by atoms with Gasteiger partial charge in [-0.3, -0.25) is 20.0 Å². The van der Waals surface area contributed by atoms with Gasteiger partial charge >= 0.3 is 5.97 Å². The van der Waals surface area contributed by atoms with Crippen LogP contribution in [-0.4, -0.2) is 40.0 Å². The Kier molecular flexibility index (Phi) is 6.12. The van der Waals surface area contributed by atoms with Crippen LogP contribution in [0.25, 0.3) is 33.3 Å². The second-order valence-corrected chi connectivity index (χ2v) is 8.67. The summed E-state index contributed by atoms with van der Waals surface area (Å²) in [6.45, 7) is 1.42. The highest BCUT2D eigenvalue weighted by Crippen LogP contribution is 2.29. The first-order chi connectivity index (χ1) is 17.0. The molecule has 4 N–H and O–H groups in total. The summed E-state index contributed by atoms with van der Waals surface area (Å²) in [5.74, 6) is 3.95. The van der Waals surface area contributed by atoms with Crippen LogP contribution in [0.3, 0.4) is 0 Å². The van der Waals surface area contributed by atoms with E-state index in [2.05, 4.69) is 27.4 Å². The van der Waals surface area contributed by atoms with Crippen LogP contribution in [0, 0.1) is 5.92 Å². The number of aromatic nitrogens is 2. The van der Waals surface area contributed by atoms with Gasteiger partial charge < -0.3 is 10.0 Å². The van der Waals surface area contributed by atoms with Crippen molar-refractivity contribution in [3.8, 4) is 22.4 Å². The summed E-state index contributed by atoms with van der Waals surface area (Å²) in [5, 5.41) is 9.99. The fraction of sp³-hybridized carbons (Fsp3) is 0.185. The van der Waals surface area contributed by atoms with Crippen LogP contribution < -0.4 is 16.2 Å². The van der Waals surface area contributed by atoms with Crippen molar-refractivity contribution in [1.82, 2.24) is 15.4 Å². The molecule has 0 bridgehead atoms. The van der Waals surface area contributed by atoms with Gasteiger partial charge in [0.1, 0.15) is 0 Å². The van der Waals surface area contributed by atoms with Crippen LogP contribution in [0.2, 0.25) is 0 Å². The number of nitrogen functional groups attached to an aromatic ring is 1. The molecule has 5 rings (SSSR count). The molecule has 0 aliphatic carbocycles. The van der Waals surface area contributed by atoms with E-state index in [9.17, 15) is 14.7 Å². The van der Waals surface area contributed by atoms with E-state index in [4.69, 9.17) is 10.8 Å². The number of amides is 1. The minimum atomic E-state index is -0.722. The molecular weight excluding hydrogens is 442 g/mol. The Balaban J connectivity index is 1.39. The van der Waals surface area contributed by atoms with Crippen LogP contribution >= 0.6 is 0 Å². The number of hydrogen-bond donors (Lipinski definition) is 3. The monoisotopic (exact) mass is 467 g/mol. The van der Waals surface area contributed by atoms with E-state index in [-0.39, 0.29) is 5.92 Å². The molecule has 1 fully saturated rings. The van der Waals surface area contributed by atoms with Gasteiger partial charge in [0, 0.05) is 42.1 Å². The van der Waals surface area contributed by atoms with E-state index >= 15 is 0 Å². The van der Waals surface area contributed by atoms with Crippen LogP contribution in [0.15, 0.2) is 73.1 Å². The molecule has 176 valence electrons. The van der Waals surface area contributed by atoms with Crippen molar-refractivity contribution < 1.29 is 14.7 Å². The maximum absolute atomic E-state index is 12.3. The van der Waals surface area contributed by atoms with Crippen LogP contribution in [0.1, 0.15) is 23.2 Å². The maximum Gasteiger partial charge on any atom is 0.308 e. The third kappa shape index (κ3) is 4.56. The van der Waals surface area contributed by atoms with Crippen molar-refractivity contribution in [2.24, 2.45) is 11.8 Å². The lowest BCUT2D eigenvalue weighted by atomic mass is 9.97. The first-order valence-corrected chi connectivity index (χ1v) is 11.5. The molecule has 8 heteroatoms. The standard InChI is InChI=1S/C27H25N5O3/c28-31-26(33)22-14-25(30-24-11-12-29-15-23(22)24)19-5-3-17(4-6-19)18-7-9-21(10-8-18)32-13-1-2-20(16-32)27(34)35/h3-12,14-15,20H,1-2,13,16,28H2,(H,31,33)(H,34,35). The SMILES string of the molecule is NNC(=O)c1cc(-c2ccc(-c3ccc(N4CCCC(C(=O)O)C4)cc3)cc2)nc2ccncc12. The Morgan fingerprint density at radius 3 is 2.37 bits per heavy atom. The fourth-order valence-electron chi connectivity index (χ4n) is 4.59. The van der Waals surface area contributed by atoms with Crippen LogP contribution in [0.4, 0.5) is 5.69 Å². The number of fused-ring (bicyclic) bond motifs is 1. The van der Waals surface area contributed by atoms with Crippen molar-refractivity contribution in [3.63, 3.8) is 0 Å². The molecule has 0 spiro atoms. The number of nitrogens with one attached hydrogen (secondary N) is 1. The maximum atomic E-state index is 12.3. The molecule has 0 saturated carbocycles. The Labute approximate surface area is 202 Å². The Bertz CT molecular complexity index is 1390. The topological polar surface area (TPSA) is 121 Å². The molecule has 2 aromatic heterocycles. The van der Waals surface area contributed by atoms with E-state index < -0.39 is 11.9 Å². The zero-order chi connectivity index (χ0) is 24.4. The highest BCUT2D eigenvalue weighted by atomic mass is 16.4. The van der Waals surface area contributed by atoms with Crippen LogP contribution in [0.5, 0.6) is 0 Å². The van der Waals surface area contributed by atoms with Gasteiger partial charge in [0.15, 0.2) is 0 Å². The number of nitrogens with zero attached hydrogens (tertiary/aromatic N) is 3. The molecule has 1 aliphatic heterocycles. The molecule has 8 nitrogen and oxygen atoms in total. The number of carboxylic acid groups (broad SMARTS) is 1. The van der Waals surface area contributed by atoms with Gasteiger partial charge in [0.25, 0.3) is 5.91 Å². The molecule has 1 unspecified atom stereocenters. The lowest BCUT2D eigenvalue weighted by Gasteiger charge is -2.32. The third-order valence-electron chi connectivity index (χ3n) is 6.50. The smallest absolute Gasteiger partial charge is 0.308 e. The van der Waals surface area contributed by atoms with Gasteiger partial charge in [-0.05, 0) is 48.2 Å². The van der Waals surface area contributed by atoms with E-state index in [1.165, 1.54) is 0 Å². The molecule has 3 heterocycles. The second-order valence-electron chi connectivity index (χ2n) is 8.67. The number of carbonyl (C=O) groups excluding carboxylic acids is 1. The Morgan fingerprint density at radius 2 is 1.69 bits per heavy atom. The number of anilines is 1. The predicted molar refractivity (Wildman–Crippen MR) is 135 cm³/mol. The number of rotatable bonds is 5. The fourth-order valence-corrected chi connectivity index (χ4v) is 4.59.